The lowest BCUT2D eigenvalue weighted by Crippen LogP contribution is -2.48. The molecule has 1 aromatic rings. The molecule has 3 rings (SSSR count). The van der Waals surface area contributed by atoms with Gasteiger partial charge < -0.3 is 15.5 Å². The van der Waals surface area contributed by atoms with E-state index in [1.165, 1.54) is 37.7 Å². The van der Waals surface area contributed by atoms with E-state index in [2.05, 4.69) is 21.7 Å². The first-order valence-corrected chi connectivity index (χ1v) is 9.13. The third-order valence-corrected chi connectivity index (χ3v) is 4.99. The van der Waals surface area contributed by atoms with Crippen LogP contribution in [-0.2, 0) is 11.2 Å². The minimum Gasteiger partial charge on any atom is -0.354 e. The first-order chi connectivity index (χ1) is 11.8. The van der Waals surface area contributed by atoms with Gasteiger partial charge in [-0.1, -0.05) is 37.5 Å². The number of rotatable bonds is 3. The van der Waals surface area contributed by atoms with Crippen LogP contribution < -0.4 is 15.5 Å². The van der Waals surface area contributed by atoms with E-state index in [0.29, 0.717) is 6.04 Å². The number of fused-ring (bicyclic) bond motifs is 1. The number of benzene rings is 1. The van der Waals surface area contributed by atoms with Crippen molar-refractivity contribution in [3.63, 3.8) is 0 Å². The summed E-state index contributed by atoms with van der Waals surface area (Å²) in [6, 6.07) is 8.69. The summed E-state index contributed by atoms with van der Waals surface area (Å²) < 4.78 is 0. The van der Waals surface area contributed by atoms with E-state index in [-0.39, 0.29) is 12.5 Å². The molecule has 0 spiro atoms. The van der Waals surface area contributed by atoms with Gasteiger partial charge in [0, 0.05) is 25.3 Å². The molecule has 0 saturated heterocycles. The second kappa shape index (κ2) is 8.18. The van der Waals surface area contributed by atoms with Gasteiger partial charge >= 0.3 is 0 Å². The van der Waals surface area contributed by atoms with Gasteiger partial charge in [-0.05, 0) is 37.3 Å². The number of carbonyl (C=O) groups excluding carboxylic acids is 1. The second-order valence-corrected chi connectivity index (χ2v) is 6.68. The number of hydrogen-bond donors (Lipinski definition) is 2. The topological polar surface area (TPSA) is 56.7 Å². The average Bonchev–Trinajstić information content (AvgIpc) is 2.65. The fourth-order valence-corrected chi connectivity index (χ4v) is 3.68. The number of anilines is 1. The molecule has 2 N–H and O–H groups in total. The maximum absolute atomic E-state index is 12.7. The summed E-state index contributed by atoms with van der Waals surface area (Å²) in [5.74, 6) is 0.842. The molecule has 5 nitrogen and oxygen atoms in total. The largest absolute Gasteiger partial charge is 0.354 e. The van der Waals surface area contributed by atoms with Crippen LogP contribution in [0, 0.1) is 0 Å². The van der Waals surface area contributed by atoms with Gasteiger partial charge in [0.2, 0.25) is 5.91 Å². The predicted molar refractivity (Wildman–Crippen MR) is 98.5 cm³/mol. The highest BCUT2D eigenvalue weighted by atomic mass is 16.2. The Morgan fingerprint density at radius 1 is 1.21 bits per heavy atom. The molecule has 0 bridgehead atoms. The van der Waals surface area contributed by atoms with Crippen molar-refractivity contribution in [3.8, 4) is 0 Å². The number of carbonyl (C=O) groups is 1. The Morgan fingerprint density at radius 3 is 2.79 bits per heavy atom. The molecule has 1 aromatic carbocycles. The lowest BCUT2D eigenvalue weighted by molar-refractivity contribution is -0.117. The third kappa shape index (κ3) is 4.08. The van der Waals surface area contributed by atoms with Gasteiger partial charge in [0.1, 0.15) is 0 Å². The number of amides is 1. The van der Waals surface area contributed by atoms with Gasteiger partial charge in [-0.25, -0.2) is 0 Å². The highest BCUT2D eigenvalue weighted by Gasteiger charge is 2.22. The molecule has 0 radical (unpaired) electrons. The van der Waals surface area contributed by atoms with Crippen molar-refractivity contribution in [1.29, 1.82) is 0 Å². The van der Waals surface area contributed by atoms with E-state index in [1.54, 1.807) is 7.05 Å². The normalized spacial score (nSPS) is 18.9. The standard InChI is InChI=1S/C19H28N4O/c1-20-19(22-16-10-3-2-4-11-16)21-14-18(24)23-13-7-9-15-8-5-6-12-17(15)23/h5-6,8,12,16H,2-4,7,9-11,13-14H2,1H3,(H2,20,21,22). The fraction of sp³-hybridized carbons (Fsp3) is 0.579. The smallest absolute Gasteiger partial charge is 0.246 e. The van der Waals surface area contributed by atoms with E-state index in [4.69, 9.17) is 0 Å². The van der Waals surface area contributed by atoms with Gasteiger partial charge in [0.05, 0.1) is 6.54 Å². The summed E-state index contributed by atoms with van der Waals surface area (Å²) in [7, 11) is 1.76. The zero-order valence-electron chi connectivity index (χ0n) is 14.6. The van der Waals surface area contributed by atoms with Gasteiger partial charge in [-0.2, -0.15) is 0 Å². The van der Waals surface area contributed by atoms with Crippen molar-refractivity contribution >= 4 is 17.6 Å². The Kier molecular flexibility index (Phi) is 5.72. The fourth-order valence-electron chi connectivity index (χ4n) is 3.68. The highest BCUT2D eigenvalue weighted by molar-refractivity contribution is 5.98. The maximum Gasteiger partial charge on any atom is 0.246 e. The van der Waals surface area contributed by atoms with Crippen LogP contribution in [0.25, 0.3) is 0 Å². The minimum absolute atomic E-state index is 0.105. The SMILES string of the molecule is CN=C(NCC(=O)N1CCCc2ccccc21)NC1CCCCC1. The molecule has 0 aromatic heterocycles. The van der Waals surface area contributed by atoms with Gasteiger partial charge in [-0.15, -0.1) is 0 Å². The van der Waals surface area contributed by atoms with Crippen molar-refractivity contribution < 1.29 is 4.79 Å². The van der Waals surface area contributed by atoms with E-state index < -0.39 is 0 Å². The molecule has 5 heteroatoms. The predicted octanol–water partition coefficient (Wildman–Crippen LogP) is 2.46. The molecular weight excluding hydrogens is 300 g/mol. The zero-order chi connectivity index (χ0) is 16.8. The Morgan fingerprint density at radius 2 is 2.00 bits per heavy atom. The molecule has 1 aliphatic carbocycles. The molecular formula is C19H28N4O. The van der Waals surface area contributed by atoms with Crippen LogP contribution in [0.1, 0.15) is 44.1 Å². The first-order valence-electron chi connectivity index (χ1n) is 9.13. The number of para-hydroxylation sites is 1. The molecule has 1 heterocycles. The van der Waals surface area contributed by atoms with E-state index in [1.807, 2.05) is 23.1 Å². The summed E-state index contributed by atoms with van der Waals surface area (Å²) in [6.45, 7) is 1.08. The van der Waals surface area contributed by atoms with Gasteiger partial charge in [0.15, 0.2) is 5.96 Å². The molecule has 1 saturated carbocycles. The molecule has 130 valence electrons. The molecule has 0 atom stereocenters. The first kappa shape index (κ1) is 16.8. The van der Waals surface area contributed by atoms with Crippen molar-refractivity contribution in [2.45, 2.75) is 51.0 Å². The van der Waals surface area contributed by atoms with Crippen LogP contribution in [0.3, 0.4) is 0 Å². The van der Waals surface area contributed by atoms with Crippen molar-refractivity contribution in [1.82, 2.24) is 10.6 Å². The maximum atomic E-state index is 12.7. The summed E-state index contributed by atoms with van der Waals surface area (Å²) in [4.78, 5) is 18.8. The van der Waals surface area contributed by atoms with Crippen molar-refractivity contribution in [2.24, 2.45) is 4.99 Å². The number of guanidine groups is 1. The number of aliphatic imine (C=N–C) groups is 1. The van der Waals surface area contributed by atoms with Gasteiger partial charge in [0.25, 0.3) is 0 Å². The number of nitrogens with zero attached hydrogens (tertiary/aromatic N) is 2. The summed E-state index contributed by atoms with van der Waals surface area (Å²) in [6.07, 6.45) is 8.34. The van der Waals surface area contributed by atoms with E-state index in [9.17, 15) is 4.79 Å². The Labute approximate surface area is 144 Å². The average molecular weight is 328 g/mol. The Balaban J connectivity index is 1.55. The van der Waals surface area contributed by atoms with Crippen LogP contribution in [0.5, 0.6) is 0 Å². The number of nitrogens with one attached hydrogen (secondary N) is 2. The van der Waals surface area contributed by atoms with Crippen molar-refractivity contribution in [3.05, 3.63) is 29.8 Å². The van der Waals surface area contributed by atoms with Crippen LogP contribution in [0.15, 0.2) is 29.3 Å². The zero-order valence-corrected chi connectivity index (χ0v) is 14.6. The summed E-state index contributed by atoms with van der Waals surface area (Å²) in [5.41, 5.74) is 2.33. The van der Waals surface area contributed by atoms with E-state index >= 15 is 0 Å². The van der Waals surface area contributed by atoms with Crippen LogP contribution in [0.2, 0.25) is 0 Å². The molecule has 1 fully saturated rings. The summed E-state index contributed by atoms with van der Waals surface area (Å²) in [5, 5.41) is 6.64. The molecule has 2 aliphatic rings. The summed E-state index contributed by atoms with van der Waals surface area (Å²) >= 11 is 0. The molecule has 0 unspecified atom stereocenters. The number of aryl methyl sites for hydroxylation is 1. The molecule has 1 aliphatic heterocycles. The minimum atomic E-state index is 0.105. The monoisotopic (exact) mass is 328 g/mol. The van der Waals surface area contributed by atoms with E-state index in [0.717, 1.165) is 31.0 Å². The molecule has 24 heavy (non-hydrogen) atoms. The lowest BCUT2D eigenvalue weighted by Gasteiger charge is -2.30. The van der Waals surface area contributed by atoms with Crippen LogP contribution in [0.4, 0.5) is 5.69 Å². The second-order valence-electron chi connectivity index (χ2n) is 6.68. The Bertz CT molecular complexity index is 593. The van der Waals surface area contributed by atoms with Crippen LogP contribution >= 0.6 is 0 Å². The lowest BCUT2D eigenvalue weighted by atomic mass is 9.96. The van der Waals surface area contributed by atoms with Crippen LogP contribution in [-0.4, -0.2) is 38.0 Å². The third-order valence-electron chi connectivity index (χ3n) is 4.99. The molecule has 1 amide bonds. The Hall–Kier alpha value is -2.04. The number of hydrogen-bond acceptors (Lipinski definition) is 2. The van der Waals surface area contributed by atoms with Gasteiger partial charge in [-0.3, -0.25) is 9.79 Å². The quantitative estimate of drug-likeness (QED) is 0.662. The van der Waals surface area contributed by atoms with Crippen molar-refractivity contribution in [2.75, 3.05) is 25.0 Å². The highest BCUT2D eigenvalue weighted by Crippen LogP contribution is 2.26.